The molecule has 0 radical (unpaired) electrons. The van der Waals surface area contributed by atoms with Crippen molar-refractivity contribution in [1.82, 2.24) is 19.8 Å². The van der Waals surface area contributed by atoms with Gasteiger partial charge in [0.25, 0.3) is 0 Å². The highest BCUT2D eigenvalue weighted by Crippen LogP contribution is 2.27. The van der Waals surface area contributed by atoms with Crippen LogP contribution in [-0.2, 0) is 6.54 Å². The predicted molar refractivity (Wildman–Crippen MR) is 133 cm³/mol. The molecule has 2 aromatic heterocycles. The first-order chi connectivity index (χ1) is 16.2. The molecule has 0 amide bonds. The molecule has 33 heavy (non-hydrogen) atoms. The van der Waals surface area contributed by atoms with Crippen LogP contribution in [0.2, 0.25) is 0 Å². The van der Waals surface area contributed by atoms with Crippen LogP contribution in [0.1, 0.15) is 48.4 Å². The number of aryl methyl sites for hydroxylation is 1. The van der Waals surface area contributed by atoms with Crippen LogP contribution in [0.4, 0.5) is 0 Å². The van der Waals surface area contributed by atoms with Crippen molar-refractivity contribution >= 4 is 22.7 Å². The van der Waals surface area contributed by atoms with Crippen molar-refractivity contribution in [1.29, 1.82) is 0 Å². The summed E-state index contributed by atoms with van der Waals surface area (Å²) in [5.41, 5.74) is 3.67. The van der Waals surface area contributed by atoms with Crippen molar-refractivity contribution in [2.24, 2.45) is 0 Å². The van der Waals surface area contributed by atoms with Gasteiger partial charge in [-0.15, -0.1) is 0 Å². The van der Waals surface area contributed by atoms with Crippen LogP contribution in [0.25, 0.3) is 11.0 Å². The summed E-state index contributed by atoms with van der Waals surface area (Å²) in [6, 6.07) is 7.84. The van der Waals surface area contributed by atoms with Crippen LogP contribution >= 0.6 is 11.8 Å². The average Bonchev–Trinajstić information content (AvgIpc) is 3.35. The van der Waals surface area contributed by atoms with Gasteiger partial charge in [0.2, 0.25) is 0 Å². The van der Waals surface area contributed by atoms with Gasteiger partial charge in [-0.25, -0.2) is 9.97 Å². The smallest absolute Gasteiger partial charge is 0.197 e. The van der Waals surface area contributed by atoms with Crippen molar-refractivity contribution in [3.05, 3.63) is 63.8 Å². The number of fused-ring (bicyclic) bond motifs is 1. The van der Waals surface area contributed by atoms with E-state index in [2.05, 4.69) is 20.9 Å². The van der Waals surface area contributed by atoms with Gasteiger partial charge < -0.3 is 9.32 Å². The zero-order valence-corrected chi connectivity index (χ0v) is 20.1. The molecule has 4 heterocycles. The molecule has 0 saturated carbocycles. The van der Waals surface area contributed by atoms with E-state index in [1.807, 2.05) is 31.3 Å². The van der Waals surface area contributed by atoms with E-state index in [9.17, 15) is 4.79 Å². The van der Waals surface area contributed by atoms with E-state index in [4.69, 9.17) is 9.40 Å². The third-order valence-electron chi connectivity index (χ3n) is 6.81. The van der Waals surface area contributed by atoms with Gasteiger partial charge in [-0.2, -0.15) is 0 Å². The molecule has 2 fully saturated rings. The SMILES string of the molecule is Cc1ccc2occ(CN3CCC[C@@H](c4ccnc(SCCN5CCCC5)n4)C3)c(=O)c2c1. The second-order valence-corrected chi connectivity index (χ2v) is 10.4. The minimum Gasteiger partial charge on any atom is -0.464 e. The van der Waals surface area contributed by atoms with Crippen LogP contribution in [0.15, 0.2) is 51.1 Å². The molecule has 7 heteroatoms. The van der Waals surface area contributed by atoms with Crippen LogP contribution in [0.3, 0.4) is 0 Å². The quantitative estimate of drug-likeness (QED) is 0.378. The van der Waals surface area contributed by atoms with E-state index in [0.29, 0.717) is 23.4 Å². The number of benzene rings is 1. The molecule has 0 unspecified atom stereocenters. The fraction of sp³-hybridized carbons (Fsp3) is 0.500. The van der Waals surface area contributed by atoms with E-state index >= 15 is 0 Å². The minimum absolute atomic E-state index is 0.0841. The molecule has 0 spiro atoms. The number of nitrogens with zero attached hydrogens (tertiary/aromatic N) is 4. The summed E-state index contributed by atoms with van der Waals surface area (Å²) < 4.78 is 5.77. The average molecular weight is 465 g/mol. The number of likely N-dealkylation sites (tertiary alicyclic amines) is 2. The summed E-state index contributed by atoms with van der Waals surface area (Å²) in [6.07, 6.45) is 8.43. The first kappa shape index (κ1) is 22.6. The number of piperidine rings is 1. The molecule has 174 valence electrons. The number of rotatable bonds is 7. The minimum atomic E-state index is 0.0841. The van der Waals surface area contributed by atoms with Crippen LogP contribution in [0.5, 0.6) is 0 Å². The molecule has 2 saturated heterocycles. The maximum absolute atomic E-state index is 13.0. The highest BCUT2D eigenvalue weighted by Gasteiger charge is 2.24. The van der Waals surface area contributed by atoms with Crippen molar-refractivity contribution in [3.8, 4) is 0 Å². The summed E-state index contributed by atoms with van der Waals surface area (Å²) in [5, 5.41) is 1.56. The van der Waals surface area contributed by atoms with Gasteiger partial charge in [0.05, 0.1) is 11.6 Å². The molecule has 1 atom stereocenters. The van der Waals surface area contributed by atoms with Gasteiger partial charge in [0.15, 0.2) is 10.6 Å². The highest BCUT2D eigenvalue weighted by molar-refractivity contribution is 7.99. The lowest BCUT2D eigenvalue weighted by Gasteiger charge is -2.32. The van der Waals surface area contributed by atoms with Crippen molar-refractivity contribution in [3.63, 3.8) is 0 Å². The Hall–Kier alpha value is -2.22. The Morgan fingerprint density at radius 1 is 1.12 bits per heavy atom. The third kappa shape index (κ3) is 5.48. The predicted octanol–water partition coefficient (Wildman–Crippen LogP) is 4.46. The highest BCUT2D eigenvalue weighted by atomic mass is 32.2. The lowest BCUT2D eigenvalue weighted by molar-refractivity contribution is 0.196. The standard InChI is InChI=1S/C26H32N4O2S/c1-19-6-7-24-22(15-19)25(31)21(18-32-24)17-30-12-4-5-20(16-30)23-8-9-27-26(28-23)33-14-13-29-10-2-3-11-29/h6-9,15,18,20H,2-5,10-14,16-17H2,1H3/t20-/m1/s1. The molecule has 2 aliphatic rings. The van der Waals surface area contributed by atoms with Crippen molar-refractivity contribution in [2.45, 2.75) is 50.2 Å². The Bertz CT molecular complexity index is 1160. The number of hydrogen-bond acceptors (Lipinski definition) is 7. The van der Waals surface area contributed by atoms with Gasteiger partial charge in [0.1, 0.15) is 5.58 Å². The fourth-order valence-electron chi connectivity index (χ4n) is 5.00. The molecule has 0 aliphatic carbocycles. The molecular weight excluding hydrogens is 432 g/mol. The molecule has 0 bridgehead atoms. The van der Waals surface area contributed by atoms with Crippen LogP contribution in [0, 0.1) is 6.92 Å². The number of hydrogen-bond donors (Lipinski definition) is 0. The van der Waals surface area contributed by atoms with Gasteiger partial charge in [-0.3, -0.25) is 9.69 Å². The first-order valence-electron chi connectivity index (χ1n) is 12.1. The molecular formula is C26H32N4O2S. The maximum Gasteiger partial charge on any atom is 0.197 e. The molecule has 1 aromatic carbocycles. The van der Waals surface area contributed by atoms with Crippen LogP contribution in [-0.4, -0.2) is 58.2 Å². The second-order valence-electron chi connectivity index (χ2n) is 9.33. The lowest BCUT2D eigenvalue weighted by Crippen LogP contribution is -2.35. The number of thioether (sulfide) groups is 1. The fourth-order valence-corrected chi connectivity index (χ4v) is 5.84. The van der Waals surface area contributed by atoms with Crippen LogP contribution < -0.4 is 5.43 Å². The molecule has 6 nitrogen and oxygen atoms in total. The van der Waals surface area contributed by atoms with Gasteiger partial charge >= 0.3 is 0 Å². The first-order valence-corrected chi connectivity index (χ1v) is 13.1. The van der Waals surface area contributed by atoms with E-state index in [1.165, 1.54) is 25.9 Å². The summed E-state index contributed by atoms with van der Waals surface area (Å²) in [5.74, 6) is 1.41. The normalized spacial score (nSPS) is 20.0. The Morgan fingerprint density at radius 3 is 2.85 bits per heavy atom. The van der Waals surface area contributed by atoms with E-state index in [1.54, 1.807) is 18.0 Å². The molecule has 3 aromatic rings. The van der Waals surface area contributed by atoms with E-state index in [0.717, 1.165) is 60.2 Å². The van der Waals surface area contributed by atoms with Gasteiger partial charge in [-0.1, -0.05) is 23.4 Å². The number of aromatic nitrogens is 2. The third-order valence-corrected chi connectivity index (χ3v) is 7.65. The van der Waals surface area contributed by atoms with Crippen molar-refractivity contribution in [2.75, 3.05) is 38.5 Å². The summed E-state index contributed by atoms with van der Waals surface area (Å²) in [7, 11) is 0. The van der Waals surface area contributed by atoms with Gasteiger partial charge in [-0.05, 0) is 70.4 Å². The second kappa shape index (κ2) is 10.4. The maximum atomic E-state index is 13.0. The zero-order valence-electron chi connectivity index (χ0n) is 19.3. The summed E-state index contributed by atoms with van der Waals surface area (Å²) >= 11 is 1.76. The lowest BCUT2D eigenvalue weighted by atomic mass is 9.94. The Labute approximate surface area is 199 Å². The molecule has 5 rings (SSSR count). The Morgan fingerprint density at radius 2 is 1.97 bits per heavy atom. The Balaban J connectivity index is 1.23. The summed E-state index contributed by atoms with van der Waals surface area (Å²) in [4.78, 5) is 27.3. The monoisotopic (exact) mass is 464 g/mol. The topological polar surface area (TPSA) is 62.5 Å². The molecule has 2 aliphatic heterocycles. The summed E-state index contributed by atoms with van der Waals surface area (Å²) in [6.45, 7) is 8.09. The molecule has 0 N–H and O–H groups in total. The zero-order chi connectivity index (χ0) is 22.6. The van der Waals surface area contributed by atoms with E-state index in [-0.39, 0.29) is 5.43 Å². The van der Waals surface area contributed by atoms with Crippen molar-refractivity contribution < 1.29 is 4.42 Å². The van der Waals surface area contributed by atoms with E-state index < -0.39 is 0 Å². The largest absolute Gasteiger partial charge is 0.464 e. The van der Waals surface area contributed by atoms with Gasteiger partial charge in [0, 0.05) is 48.8 Å². The Kier molecular flexibility index (Phi) is 7.09.